The third-order valence-electron chi connectivity index (χ3n) is 3.62. The first-order valence-electron chi connectivity index (χ1n) is 6.99. The molecule has 2 aromatic rings. The summed E-state index contributed by atoms with van der Waals surface area (Å²) in [5.41, 5.74) is 1.32. The maximum absolute atomic E-state index is 13.0. The van der Waals surface area contributed by atoms with Gasteiger partial charge in [0.05, 0.1) is 28.0 Å². The van der Waals surface area contributed by atoms with Crippen molar-refractivity contribution >= 4 is 39.1 Å². The van der Waals surface area contributed by atoms with Crippen LogP contribution in [0, 0.1) is 6.92 Å². The van der Waals surface area contributed by atoms with Crippen LogP contribution in [-0.4, -0.2) is 31.6 Å². The molecule has 1 aliphatic heterocycles. The summed E-state index contributed by atoms with van der Waals surface area (Å²) in [6.07, 6.45) is 0. The van der Waals surface area contributed by atoms with Gasteiger partial charge in [0, 0.05) is 5.56 Å². The molecule has 0 atom stereocenters. The molecule has 0 aromatic heterocycles. The lowest BCUT2D eigenvalue weighted by Crippen LogP contribution is -2.35. The zero-order valence-corrected chi connectivity index (χ0v) is 14.7. The fourth-order valence-corrected chi connectivity index (χ4v) is 4.64. The number of benzene rings is 2. The summed E-state index contributed by atoms with van der Waals surface area (Å²) in [7, 11) is -3.75. The van der Waals surface area contributed by atoms with Crippen LogP contribution in [0.3, 0.4) is 0 Å². The quantitative estimate of drug-likeness (QED) is 0.827. The number of hydrogen-bond acceptors (Lipinski definition) is 3. The first kappa shape index (κ1) is 16.3. The molecular formula is C16H14Cl2N2O2S. The maximum Gasteiger partial charge on any atom is 0.265 e. The van der Waals surface area contributed by atoms with Gasteiger partial charge in [-0.15, -0.1) is 0 Å². The standard InChI is InChI=1S/C16H14Cl2N2O2S/c1-11-9-13(17)14(18)10-15(11)23(21,22)20-8-7-19-16(20)12-5-3-2-4-6-12/h2-6,9-10H,7-8H2,1H3. The summed E-state index contributed by atoms with van der Waals surface area (Å²) in [6, 6.07) is 12.2. The summed E-state index contributed by atoms with van der Waals surface area (Å²) >= 11 is 12.0. The third-order valence-corrected chi connectivity index (χ3v) is 6.27. The van der Waals surface area contributed by atoms with Gasteiger partial charge in [-0.1, -0.05) is 53.5 Å². The van der Waals surface area contributed by atoms with Crippen LogP contribution in [0.2, 0.25) is 10.0 Å². The number of halogens is 2. The van der Waals surface area contributed by atoms with Crippen molar-refractivity contribution in [2.24, 2.45) is 4.99 Å². The molecule has 1 aliphatic rings. The van der Waals surface area contributed by atoms with Gasteiger partial charge in [0.25, 0.3) is 10.0 Å². The molecule has 120 valence electrons. The second kappa shape index (κ2) is 6.15. The Morgan fingerprint density at radius 3 is 2.43 bits per heavy atom. The summed E-state index contributed by atoms with van der Waals surface area (Å²) in [5, 5.41) is 0.551. The van der Waals surface area contributed by atoms with E-state index >= 15 is 0 Å². The van der Waals surface area contributed by atoms with E-state index in [1.54, 1.807) is 13.0 Å². The van der Waals surface area contributed by atoms with Gasteiger partial charge in [0.2, 0.25) is 0 Å². The molecule has 0 saturated carbocycles. The molecule has 3 rings (SSSR count). The lowest BCUT2D eigenvalue weighted by atomic mass is 10.2. The van der Waals surface area contributed by atoms with Crippen molar-refractivity contribution < 1.29 is 8.42 Å². The normalized spacial score (nSPS) is 14.9. The molecule has 0 fully saturated rings. The minimum atomic E-state index is -3.75. The highest BCUT2D eigenvalue weighted by Gasteiger charge is 2.32. The monoisotopic (exact) mass is 368 g/mol. The van der Waals surface area contributed by atoms with Crippen molar-refractivity contribution in [1.82, 2.24) is 4.31 Å². The van der Waals surface area contributed by atoms with Crippen LogP contribution in [0.15, 0.2) is 52.4 Å². The van der Waals surface area contributed by atoms with Crippen molar-refractivity contribution in [1.29, 1.82) is 0 Å². The highest BCUT2D eigenvalue weighted by atomic mass is 35.5. The van der Waals surface area contributed by atoms with E-state index in [1.165, 1.54) is 10.4 Å². The molecule has 1 heterocycles. The number of aryl methyl sites for hydroxylation is 1. The van der Waals surface area contributed by atoms with Gasteiger partial charge in [0.1, 0.15) is 5.84 Å². The Hall–Kier alpha value is -1.56. The zero-order valence-electron chi connectivity index (χ0n) is 12.3. The average Bonchev–Trinajstić information content (AvgIpc) is 3.02. The van der Waals surface area contributed by atoms with E-state index in [2.05, 4.69) is 4.99 Å². The largest absolute Gasteiger partial charge is 0.265 e. The van der Waals surface area contributed by atoms with Crippen LogP contribution in [0.5, 0.6) is 0 Å². The number of rotatable bonds is 3. The predicted octanol–water partition coefficient (Wildman–Crippen LogP) is 3.75. The van der Waals surface area contributed by atoms with Gasteiger partial charge < -0.3 is 0 Å². The van der Waals surface area contributed by atoms with Crippen LogP contribution >= 0.6 is 23.2 Å². The fraction of sp³-hybridized carbons (Fsp3) is 0.188. The van der Waals surface area contributed by atoms with Crippen LogP contribution < -0.4 is 0 Å². The minimum absolute atomic E-state index is 0.150. The van der Waals surface area contributed by atoms with Gasteiger partial charge in [0.15, 0.2) is 0 Å². The van der Waals surface area contributed by atoms with Crippen LogP contribution in [0.4, 0.5) is 0 Å². The number of nitrogens with zero attached hydrogens (tertiary/aromatic N) is 2. The number of aliphatic imine (C=N–C) groups is 1. The molecule has 0 N–H and O–H groups in total. The van der Waals surface area contributed by atoms with E-state index in [1.807, 2.05) is 30.3 Å². The second-order valence-electron chi connectivity index (χ2n) is 5.18. The molecule has 0 bridgehead atoms. The fourth-order valence-electron chi connectivity index (χ4n) is 2.51. The van der Waals surface area contributed by atoms with Crippen LogP contribution in [0.25, 0.3) is 0 Å². The van der Waals surface area contributed by atoms with Crippen molar-refractivity contribution in [2.75, 3.05) is 13.1 Å². The summed E-state index contributed by atoms with van der Waals surface area (Å²) < 4.78 is 27.4. The smallest absolute Gasteiger partial charge is 0.265 e. The second-order valence-corrected chi connectivity index (χ2v) is 7.83. The molecule has 0 saturated heterocycles. The Morgan fingerprint density at radius 2 is 1.74 bits per heavy atom. The van der Waals surface area contributed by atoms with Crippen molar-refractivity contribution in [3.05, 3.63) is 63.6 Å². The predicted molar refractivity (Wildman–Crippen MR) is 92.9 cm³/mol. The Balaban J connectivity index is 2.07. The zero-order chi connectivity index (χ0) is 16.6. The molecule has 0 unspecified atom stereocenters. The maximum atomic E-state index is 13.0. The van der Waals surface area contributed by atoms with E-state index < -0.39 is 10.0 Å². The Kier molecular flexibility index (Phi) is 4.36. The van der Waals surface area contributed by atoms with E-state index in [-0.39, 0.29) is 9.92 Å². The minimum Gasteiger partial charge on any atom is -0.265 e. The number of sulfonamides is 1. The van der Waals surface area contributed by atoms with Crippen molar-refractivity contribution in [3.63, 3.8) is 0 Å². The lowest BCUT2D eigenvalue weighted by molar-refractivity contribution is 0.537. The van der Waals surface area contributed by atoms with E-state index in [9.17, 15) is 8.42 Å². The highest BCUT2D eigenvalue weighted by molar-refractivity contribution is 7.89. The topological polar surface area (TPSA) is 49.7 Å². The summed E-state index contributed by atoms with van der Waals surface area (Å²) in [6.45, 7) is 2.45. The van der Waals surface area contributed by atoms with E-state index in [0.29, 0.717) is 29.5 Å². The molecule has 4 nitrogen and oxygen atoms in total. The average molecular weight is 369 g/mol. The third kappa shape index (κ3) is 2.96. The summed E-state index contributed by atoms with van der Waals surface area (Å²) in [4.78, 5) is 4.50. The summed E-state index contributed by atoms with van der Waals surface area (Å²) in [5.74, 6) is 0.455. The molecule has 2 aromatic carbocycles. The molecule has 7 heteroatoms. The highest BCUT2D eigenvalue weighted by Crippen LogP contribution is 2.31. The molecule has 0 amide bonds. The molecule has 0 aliphatic carbocycles. The SMILES string of the molecule is Cc1cc(Cl)c(Cl)cc1S(=O)(=O)N1CCN=C1c1ccccc1. The lowest BCUT2D eigenvalue weighted by Gasteiger charge is -2.22. The van der Waals surface area contributed by atoms with Gasteiger partial charge in [-0.2, -0.15) is 0 Å². The van der Waals surface area contributed by atoms with Crippen molar-refractivity contribution in [3.8, 4) is 0 Å². The van der Waals surface area contributed by atoms with Gasteiger partial charge in [-0.3, -0.25) is 4.99 Å². The van der Waals surface area contributed by atoms with Gasteiger partial charge >= 0.3 is 0 Å². The molecule has 0 spiro atoms. The first-order chi connectivity index (χ1) is 10.9. The number of amidine groups is 1. The van der Waals surface area contributed by atoms with Gasteiger partial charge in [-0.25, -0.2) is 12.7 Å². The Morgan fingerprint density at radius 1 is 1.09 bits per heavy atom. The molecule has 23 heavy (non-hydrogen) atoms. The Labute approximate surface area is 145 Å². The van der Waals surface area contributed by atoms with Crippen molar-refractivity contribution in [2.45, 2.75) is 11.8 Å². The van der Waals surface area contributed by atoms with Crippen LogP contribution in [-0.2, 0) is 10.0 Å². The van der Waals surface area contributed by atoms with E-state index in [0.717, 1.165) is 5.56 Å². The van der Waals surface area contributed by atoms with E-state index in [4.69, 9.17) is 23.2 Å². The van der Waals surface area contributed by atoms with Gasteiger partial charge in [-0.05, 0) is 24.6 Å². The molecule has 0 radical (unpaired) electrons. The first-order valence-corrected chi connectivity index (χ1v) is 9.19. The number of hydrogen-bond donors (Lipinski definition) is 0. The van der Waals surface area contributed by atoms with Crippen LogP contribution in [0.1, 0.15) is 11.1 Å². The Bertz CT molecular complexity index is 880. The molecular weight excluding hydrogens is 355 g/mol.